The Morgan fingerprint density at radius 3 is 2.53 bits per heavy atom. The maximum absolute atomic E-state index is 12.7. The highest BCUT2D eigenvalue weighted by molar-refractivity contribution is 7.14. The first-order valence-electron chi connectivity index (χ1n) is 4.30. The quantitative estimate of drug-likeness (QED) is 0.852. The van der Waals surface area contributed by atoms with Crippen molar-refractivity contribution in [2.24, 2.45) is 0 Å². The summed E-state index contributed by atoms with van der Waals surface area (Å²) in [5.74, 6) is -0.266. The molecule has 0 radical (unpaired) electrons. The minimum Gasteiger partial charge on any atom is -0.493 e. The highest BCUT2D eigenvalue weighted by Crippen LogP contribution is 2.28. The van der Waals surface area contributed by atoms with Crippen molar-refractivity contribution in [2.75, 3.05) is 11.9 Å². The first kappa shape index (κ1) is 9.92. The van der Waals surface area contributed by atoms with E-state index in [-0.39, 0.29) is 11.7 Å². The van der Waals surface area contributed by atoms with Gasteiger partial charge in [0, 0.05) is 12.7 Å². The summed E-state index contributed by atoms with van der Waals surface area (Å²) < 4.78 is 12.7. The lowest BCUT2D eigenvalue weighted by Crippen LogP contribution is -2.08. The van der Waals surface area contributed by atoms with Crippen LogP contribution in [-0.4, -0.2) is 17.1 Å². The Hall–Kier alpha value is -1.62. The van der Waals surface area contributed by atoms with Gasteiger partial charge in [-0.3, -0.25) is 0 Å². The van der Waals surface area contributed by atoms with Crippen LogP contribution in [0.3, 0.4) is 0 Å². The molecule has 0 saturated carbocycles. The van der Waals surface area contributed by atoms with Gasteiger partial charge >= 0.3 is 0 Å². The van der Waals surface area contributed by atoms with Crippen LogP contribution in [0.15, 0.2) is 29.6 Å². The van der Waals surface area contributed by atoms with E-state index in [0.717, 1.165) is 5.69 Å². The molecule has 0 saturated heterocycles. The lowest BCUT2D eigenvalue weighted by Gasteiger charge is -2.15. The lowest BCUT2D eigenvalue weighted by atomic mass is 10.3. The molecular formula is C10H9FN2OS. The van der Waals surface area contributed by atoms with Gasteiger partial charge in [0.15, 0.2) is 5.13 Å². The van der Waals surface area contributed by atoms with Crippen LogP contribution < -0.4 is 4.90 Å². The van der Waals surface area contributed by atoms with Crippen LogP contribution in [0.5, 0.6) is 5.88 Å². The number of benzene rings is 1. The molecule has 5 heteroatoms. The van der Waals surface area contributed by atoms with Gasteiger partial charge in [-0.15, -0.1) is 11.3 Å². The Morgan fingerprint density at radius 1 is 1.33 bits per heavy atom. The SMILES string of the molecule is CN(c1ccc(F)cc1)c1nc(O)cs1. The molecule has 2 aromatic rings. The van der Waals surface area contributed by atoms with Crippen molar-refractivity contribution >= 4 is 22.2 Å². The zero-order valence-corrected chi connectivity index (χ0v) is 8.83. The molecule has 0 aliphatic carbocycles. The third-order valence-corrected chi connectivity index (χ3v) is 2.89. The first-order chi connectivity index (χ1) is 7.16. The Labute approximate surface area is 90.4 Å². The Kier molecular flexibility index (Phi) is 2.55. The van der Waals surface area contributed by atoms with Crippen molar-refractivity contribution in [1.82, 2.24) is 4.98 Å². The molecule has 0 atom stereocenters. The van der Waals surface area contributed by atoms with E-state index in [9.17, 15) is 4.39 Å². The molecule has 1 aromatic carbocycles. The maximum atomic E-state index is 12.7. The highest BCUT2D eigenvalue weighted by Gasteiger charge is 2.08. The lowest BCUT2D eigenvalue weighted by molar-refractivity contribution is 0.457. The molecule has 0 aliphatic heterocycles. The van der Waals surface area contributed by atoms with Crippen LogP contribution in [-0.2, 0) is 0 Å². The van der Waals surface area contributed by atoms with Crippen LogP contribution in [0.25, 0.3) is 0 Å². The zero-order valence-electron chi connectivity index (χ0n) is 8.01. The van der Waals surface area contributed by atoms with Crippen LogP contribution in [0.1, 0.15) is 0 Å². The predicted molar refractivity (Wildman–Crippen MR) is 58.2 cm³/mol. The summed E-state index contributed by atoms with van der Waals surface area (Å²) in [4.78, 5) is 5.70. The Balaban J connectivity index is 2.28. The standard InChI is InChI=1S/C10H9FN2OS/c1-13(10-12-9(14)6-15-10)8-4-2-7(11)3-5-8/h2-6,14H,1H3. The molecule has 0 spiro atoms. The topological polar surface area (TPSA) is 36.4 Å². The number of aromatic hydroxyl groups is 1. The van der Waals surface area contributed by atoms with Crippen LogP contribution in [0, 0.1) is 5.82 Å². The molecule has 0 amide bonds. The molecule has 3 nitrogen and oxygen atoms in total. The Morgan fingerprint density at radius 2 is 2.00 bits per heavy atom. The Bertz CT molecular complexity index is 455. The molecule has 1 heterocycles. The largest absolute Gasteiger partial charge is 0.493 e. The fraction of sp³-hybridized carbons (Fsp3) is 0.100. The van der Waals surface area contributed by atoms with E-state index in [1.54, 1.807) is 22.4 Å². The zero-order chi connectivity index (χ0) is 10.8. The summed E-state index contributed by atoms with van der Waals surface area (Å²) in [6.07, 6.45) is 0. The minimum atomic E-state index is -0.269. The molecular weight excluding hydrogens is 215 g/mol. The van der Waals surface area contributed by atoms with Gasteiger partial charge in [-0.1, -0.05) is 0 Å². The number of halogens is 1. The fourth-order valence-electron chi connectivity index (χ4n) is 1.19. The molecule has 0 aliphatic rings. The van der Waals surface area contributed by atoms with E-state index in [0.29, 0.717) is 5.13 Å². The van der Waals surface area contributed by atoms with Gasteiger partial charge in [0.2, 0.25) is 5.88 Å². The van der Waals surface area contributed by atoms with Crippen molar-refractivity contribution in [3.8, 4) is 5.88 Å². The first-order valence-corrected chi connectivity index (χ1v) is 5.18. The van der Waals surface area contributed by atoms with Crippen molar-refractivity contribution in [3.05, 3.63) is 35.5 Å². The van der Waals surface area contributed by atoms with E-state index < -0.39 is 0 Å². The number of anilines is 2. The smallest absolute Gasteiger partial charge is 0.223 e. The van der Waals surface area contributed by atoms with Crippen LogP contribution in [0.2, 0.25) is 0 Å². The average molecular weight is 224 g/mol. The van der Waals surface area contributed by atoms with Gasteiger partial charge in [0.05, 0.1) is 5.38 Å². The summed E-state index contributed by atoms with van der Waals surface area (Å²) in [5.41, 5.74) is 0.825. The molecule has 2 rings (SSSR count). The average Bonchev–Trinajstić information content (AvgIpc) is 2.65. The second-order valence-corrected chi connectivity index (χ2v) is 3.86. The van der Waals surface area contributed by atoms with Crippen LogP contribution >= 0.6 is 11.3 Å². The number of aromatic nitrogens is 1. The molecule has 1 aromatic heterocycles. The monoisotopic (exact) mass is 224 g/mol. The highest BCUT2D eigenvalue weighted by atomic mass is 32.1. The van der Waals surface area contributed by atoms with Crippen molar-refractivity contribution < 1.29 is 9.50 Å². The number of rotatable bonds is 2. The van der Waals surface area contributed by atoms with Gasteiger partial charge in [-0.05, 0) is 24.3 Å². The van der Waals surface area contributed by atoms with Crippen LogP contribution in [0.4, 0.5) is 15.2 Å². The molecule has 0 fully saturated rings. The van der Waals surface area contributed by atoms with E-state index in [1.165, 1.54) is 23.5 Å². The van der Waals surface area contributed by atoms with Gasteiger partial charge in [-0.25, -0.2) is 4.39 Å². The van der Waals surface area contributed by atoms with Gasteiger partial charge in [-0.2, -0.15) is 4.98 Å². The van der Waals surface area contributed by atoms with Crippen molar-refractivity contribution in [3.63, 3.8) is 0 Å². The molecule has 78 valence electrons. The van der Waals surface area contributed by atoms with E-state index >= 15 is 0 Å². The summed E-state index contributed by atoms with van der Waals surface area (Å²) in [7, 11) is 1.81. The van der Waals surface area contributed by atoms with Gasteiger partial charge < -0.3 is 10.0 Å². The second-order valence-electron chi connectivity index (χ2n) is 3.02. The van der Waals surface area contributed by atoms with Gasteiger partial charge in [0.1, 0.15) is 5.82 Å². The number of thiazole rings is 1. The normalized spacial score (nSPS) is 10.3. The van der Waals surface area contributed by atoms with E-state index in [1.807, 2.05) is 7.05 Å². The fourth-order valence-corrected chi connectivity index (χ4v) is 1.86. The number of hydrogen-bond donors (Lipinski definition) is 1. The second kappa shape index (κ2) is 3.86. The third kappa shape index (κ3) is 2.07. The molecule has 15 heavy (non-hydrogen) atoms. The summed E-state index contributed by atoms with van der Waals surface area (Å²) in [5, 5.41) is 11.3. The predicted octanol–water partition coefficient (Wildman–Crippen LogP) is 2.76. The van der Waals surface area contributed by atoms with Crippen molar-refractivity contribution in [1.29, 1.82) is 0 Å². The molecule has 1 N–H and O–H groups in total. The summed E-state index contributed by atoms with van der Waals surface area (Å²) >= 11 is 1.33. The minimum absolute atomic E-state index is 0.00367. The maximum Gasteiger partial charge on any atom is 0.223 e. The van der Waals surface area contributed by atoms with Gasteiger partial charge in [0.25, 0.3) is 0 Å². The molecule has 0 unspecified atom stereocenters. The van der Waals surface area contributed by atoms with E-state index in [4.69, 9.17) is 5.11 Å². The molecule has 0 bridgehead atoms. The number of nitrogens with zero attached hydrogens (tertiary/aromatic N) is 2. The third-order valence-electron chi connectivity index (χ3n) is 1.98. The summed E-state index contributed by atoms with van der Waals surface area (Å²) in [6.45, 7) is 0. The number of hydrogen-bond acceptors (Lipinski definition) is 4. The summed E-state index contributed by atoms with van der Waals surface area (Å²) in [6, 6.07) is 6.10. The van der Waals surface area contributed by atoms with Crippen molar-refractivity contribution in [2.45, 2.75) is 0 Å². The van der Waals surface area contributed by atoms with E-state index in [2.05, 4.69) is 4.98 Å².